The molecule has 0 saturated carbocycles. The average molecular weight is 378 g/mol. The predicted molar refractivity (Wildman–Crippen MR) is 104 cm³/mol. The topological polar surface area (TPSA) is 91.8 Å². The van der Waals surface area contributed by atoms with E-state index in [1.807, 2.05) is 12.1 Å². The molecule has 0 aliphatic heterocycles. The summed E-state index contributed by atoms with van der Waals surface area (Å²) in [5.41, 5.74) is 4.47. The van der Waals surface area contributed by atoms with E-state index < -0.39 is 0 Å². The number of hydrogen-bond acceptors (Lipinski definition) is 6. The highest BCUT2D eigenvalue weighted by Gasteiger charge is 2.12. The first kappa shape index (κ1) is 18.7. The smallest absolute Gasteiger partial charge is 0.277 e. The quantitative estimate of drug-likeness (QED) is 0.655. The fourth-order valence-corrected chi connectivity index (χ4v) is 3.04. The molecule has 0 saturated heterocycles. The zero-order valence-corrected chi connectivity index (χ0v) is 15.8. The highest BCUT2D eigenvalue weighted by Crippen LogP contribution is 2.20. The van der Waals surface area contributed by atoms with E-state index in [2.05, 4.69) is 41.5 Å². The number of nitrogens with one attached hydrogen (secondary N) is 1. The Morgan fingerprint density at radius 2 is 2.00 bits per heavy atom. The monoisotopic (exact) mass is 378 g/mol. The number of aromatic nitrogens is 2. The Morgan fingerprint density at radius 1 is 1.19 bits per heavy atom. The number of anilines is 1. The second-order valence-electron chi connectivity index (χ2n) is 6.05. The number of thioether (sulfide) groups is 1. The van der Waals surface area contributed by atoms with Crippen LogP contribution in [0.3, 0.4) is 0 Å². The molecule has 0 fully saturated rings. The van der Waals surface area contributed by atoms with E-state index in [9.17, 15) is 4.79 Å². The normalized spacial score (nSPS) is 10.4. The molecule has 0 bridgehead atoms. The lowest BCUT2D eigenvalue weighted by atomic mass is 10.0. The Bertz CT molecular complexity index is 1010. The van der Waals surface area contributed by atoms with Crippen LogP contribution < -0.4 is 5.32 Å². The van der Waals surface area contributed by atoms with Gasteiger partial charge in [-0.1, -0.05) is 42.1 Å². The number of carbonyl (C=O) groups is 1. The van der Waals surface area contributed by atoms with Gasteiger partial charge in [-0.05, 0) is 42.7 Å². The van der Waals surface area contributed by atoms with Crippen molar-refractivity contribution >= 4 is 23.4 Å². The second kappa shape index (κ2) is 8.52. The van der Waals surface area contributed by atoms with E-state index in [4.69, 9.17) is 9.68 Å². The molecule has 6 nitrogen and oxygen atoms in total. The summed E-state index contributed by atoms with van der Waals surface area (Å²) < 4.78 is 5.61. The van der Waals surface area contributed by atoms with Crippen LogP contribution in [0, 0.1) is 25.2 Å². The van der Waals surface area contributed by atoms with Crippen LogP contribution in [0.4, 0.5) is 5.69 Å². The number of rotatable bonds is 6. The largest absolute Gasteiger partial charge is 0.416 e. The lowest BCUT2D eigenvalue weighted by molar-refractivity contribution is -0.113. The van der Waals surface area contributed by atoms with Gasteiger partial charge in [-0.15, -0.1) is 10.2 Å². The molecule has 0 radical (unpaired) electrons. The summed E-state index contributed by atoms with van der Waals surface area (Å²) in [6, 6.07) is 15.1. The van der Waals surface area contributed by atoms with Crippen LogP contribution in [-0.4, -0.2) is 21.9 Å². The molecule has 2 aromatic carbocycles. The number of nitrogens with zero attached hydrogens (tertiary/aromatic N) is 3. The number of aryl methyl sites for hydroxylation is 2. The van der Waals surface area contributed by atoms with Gasteiger partial charge < -0.3 is 9.73 Å². The Morgan fingerprint density at radius 3 is 2.78 bits per heavy atom. The van der Waals surface area contributed by atoms with Crippen LogP contribution >= 0.6 is 11.8 Å². The van der Waals surface area contributed by atoms with E-state index in [1.165, 1.54) is 11.1 Å². The van der Waals surface area contributed by atoms with Crippen molar-refractivity contribution in [2.75, 3.05) is 11.1 Å². The summed E-state index contributed by atoms with van der Waals surface area (Å²) in [4.78, 5) is 12.1. The molecule has 0 spiro atoms. The van der Waals surface area contributed by atoms with E-state index in [1.54, 1.807) is 24.3 Å². The van der Waals surface area contributed by atoms with Gasteiger partial charge in [0, 0.05) is 0 Å². The van der Waals surface area contributed by atoms with Crippen molar-refractivity contribution in [1.82, 2.24) is 10.2 Å². The van der Waals surface area contributed by atoms with Gasteiger partial charge in [-0.3, -0.25) is 4.79 Å². The van der Waals surface area contributed by atoms with E-state index in [-0.39, 0.29) is 11.7 Å². The minimum atomic E-state index is -0.239. The zero-order chi connectivity index (χ0) is 19.2. The first-order valence-electron chi connectivity index (χ1n) is 8.35. The van der Waals surface area contributed by atoms with Crippen molar-refractivity contribution in [1.29, 1.82) is 5.26 Å². The Balaban J connectivity index is 1.55. The molecule has 3 aromatic rings. The Kier molecular flexibility index (Phi) is 5.89. The van der Waals surface area contributed by atoms with Gasteiger partial charge in [0.25, 0.3) is 5.22 Å². The molecule has 1 aromatic heterocycles. The van der Waals surface area contributed by atoms with Gasteiger partial charge in [0.1, 0.15) is 6.07 Å². The van der Waals surface area contributed by atoms with Gasteiger partial charge in [0.05, 0.1) is 23.4 Å². The molecule has 1 heterocycles. The number of hydrogen-bond donors (Lipinski definition) is 1. The highest BCUT2D eigenvalue weighted by molar-refractivity contribution is 7.99. The van der Waals surface area contributed by atoms with E-state index in [0.29, 0.717) is 28.8 Å². The molecule has 0 aliphatic carbocycles. The molecule has 0 unspecified atom stereocenters. The van der Waals surface area contributed by atoms with Crippen molar-refractivity contribution in [2.24, 2.45) is 0 Å². The third-order valence-electron chi connectivity index (χ3n) is 4.02. The summed E-state index contributed by atoms with van der Waals surface area (Å²) in [6.07, 6.45) is 0.552. The maximum atomic E-state index is 12.1. The van der Waals surface area contributed by atoms with Crippen molar-refractivity contribution in [3.05, 3.63) is 70.6 Å². The first-order valence-corrected chi connectivity index (χ1v) is 9.34. The number of para-hydroxylation sites is 1. The number of nitriles is 1. The third kappa shape index (κ3) is 4.96. The van der Waals surface area contributed by atoms with Crippen molar-refractivity contribution < 1.29 is 9.21 Å². The number of amides is 1. The zero-order valence-electron chi connectivity index (χ0n) is 15.0. The Labute approximate surface area is 161 Å². The van der Waals surface area contributed by atoms with Crippen LogP contribution in [0.1, 0.15) is 28.1 Å². The lowest BCUT2D eigenvalue weighted by Gasteiger charge is -2.05. The maximum Gasteiger partial charge on any atom is 0.277 e. The van der Waals surface area contributed by atoms with E-state index in [0.717, 1.165) is 17.3 Å². The van der Waals surface area contributed by atoms with Crippen molar-refractivity contribution in [2.45, 2.75) is 25.5 Å². The lowest BCUT2D eigenvalue weighted by Crippen LogP contribution is -2.14. The number of benzene rings is 2. The fraction of sp³-hybridized carbons (Fsp3) is 0.200. The highest BCUT2D eigenvalue weighted by atomic mass is 32.2. The van der Waals surface area contributed by atoms with Crippen LogP contribution in [0.5, 0.6) is 0 Å². The van der Waals surface area contributed by atoms with Crippen LogP contribution in [-0.2, 0) is 11.2 Å². The van der Waals surface area contributed by atoms with Gasteiger partial charge in [-0.2, -0.15) is 5.26 Å². The third-order valence-corrected chi connectivity index (χ3v) is 4.84. The van der Waals surface area contributed by atoms with Gasteiger partial charge >= 0.3 is 0 Å². The fourth-order valence-electron chi connectivity index (χ4n) is 2.46. The summed E-state index contributed by atoms with van der Waals surface area (Å²) in [7, 11) is 0. The SMILES string of the molecule is Cc1ccc(Cc2nnc(SCC(=O)Nc3ccccc3C#N)o2)cc1C. The molecule has 0 atom stereocenters. The molecular weight excluding hydrogens is 360 g/mol. The average Bonchev–Trinajstić information content (AvgIpc) is 3.11. The molecule has 27 heavy (non-hydrogen) atoms. The molecule has 3 rings (SSSR count). The van der Waals surface area contributed by atoms with Crippen LogP contribution in [0.15, 0.2) is 52.1 Å². The van der Waals surface area contributed by atoms with E-state index >= 15 is 0 Å². The maximum absolute atomic E-state index is 12.1. The van der Waals surface area contributed by atoms with Crippen molar-refractivity contribution in [3.8, 4) is 6.07 Å². The second-order valence-corrected chi connectivity index (χ2v) is 6.98. The molecule has 1 N–H and O–H groups in total. The predicted octanol–water partition coefficient (Wildman–Crippen LogP) is 3.88. The molecular formula is C20H18N4O2S. The molecule has 0 aliphatic rings. The Hall–Kier alpha value is -3.11. The summed E-state index contributed by atoms with van der Waals surface area (Å²) in [6.45, 7) is 4.14. The van der Waals surface area contributed by atoms with Gasteiger partial charge in [0.2, 0.25) is 11.8 Å². The standard InChI is InChI=1S/C20H18N4O2S/c1-13-7-8-15(9-14(13)2)10-19-23-24-20(26-19)27-12-18(25)22-17-6-4-3-5-16(17)11-21/h3-9H,10,12H2,1-2H3,(H,22,25). The van der Waals surface area contributed by atoms with Crippen LogP contribution in [0.25, 0.3) is 0 Å². The molecule has 7 heteroatoms. The number of carbonyl (C=O) groups excluding carboxylic acids is 1. The first-order chi connectivity index (χ1) is 13.0. The summed E-state index contributed by atoms with van der Waals surface area (Å²) in [5.74, 6) is 0.387. The molecule has 1 amide bonds. The summed E-state index contributed by atoms with van der Waals surface area (Å²) in [5, 5.41) is 20.1. The van der Waals surface area contributed by atoms with Crippen LogP contribution in [0.2, 0.25) is 0 Å². The summed E-state index contributed by atoms with van der Waals surface area (Å²) >= 11 is 1.16. The van der Waals surface area contributed by atoms with Gasteiger partial charge in [0.15, 0.2) is 0 Å². The van der Waals surface area contributed by atoms with Gasteiger partial charge in [-0.25, -0.2) is 0 Å². The molecule has 136 valence electrons. The minimum absolute atomic E-state index is 0.116. The minimum Gasteiger partial charge on any atom is -0.416 e. The van der Waals surface area contributed by atoms with Crippen molar-refractivity contribution in [3.63, 3.8) is 0 Å².